The van der Waals surface area contributed by atoms with E-state index < -0.39 is 29.5 Å². The molecular weight excluding hydrogens is 417 g/mol. The summed E-state index contributed by atoms with van der Waals surface area (Å²) in [4.78, 5) is 49.1. The van der Waals surface area contributed by atoms with Crippen molar-refractivity contribution in [2.45, 2.75) is 13.5 Å². The van der Waals surface area contributed by atoms with Crippen molar-refractivity contribution in [3.05, 3.63) is 77.9 Å². The van der Waals surface area contributed by atoms with Crippen molar-refractivity contribution in [1.29, 1.82) is 0 Å². The lowest BCUT2D eigenvalue weighted by Gasteiger charge is -2.18. The molecule has 0 aliphatic carbocycles. The zero-order chi connectivity index (χ0) is 23.6. The number of hydrogen-bond acceptors (Lipinski definition) is 5. The lowest BCUT2D eigenvalue weighted by molar-refractivity contribution is -0.137. The Morgan fingerprint density at radius 1 is 1.12 bits per heavy atom. The summed E-state index contributed by atoms with van der Waals surface area (Å²) in [5.74, 6) is -3.09. The minimum Gasteiger partial charge on any atom is -0.464 e. The smallest absolute Gasteiger partial charge is 0.353 e. The lowest BCUT2D eigenvalue weighted by Crippen LogP contribution is -2.36. The van der Waals surface area contributed by atoms with E-state index >= 15 is 0 Å². The third-order valence-corrected chi connectivity index (χ3v) is 4.84. The third-order valence-electron chi connectivity index (χ3n) is 4.84. The monoisotopic (exact) mass is 437 g/mol. The molecule has 3 rings (SSSR count). The summed E-state index contributed by atoms with van der Waals surface area (Å²) in [7, 11) is 1.14. The van der Waals surface area contributed by atoms with E-state index in [9.17, 15) is 23.6 Å². The van der Waals surface area contributed by atoms with Crippen molar-refractivity contribution in [2.24, 2.45) is 0 Å². The average Bonchev–Trinajstić information content (AvgIpc) is 3.10. The highest BCUT2D eigenvalue weighted by atomic mass is 19.1. The normalized spacial score (nSPS) is 12.1. The minimum atomic E-state index is -0.825. The number of benzene rings is 2. The van der Waals surface area contributed by atoms with E-state index in [0.717, 1.165) is 12.0 Å². The van der Waals surface area contributed by atoms with Gasteiger partial charge < -0.3 is 15.4 Å². The third kappa shape index (κ3) is 4.27. The first-order valence-electron chi connectivity index (χ1n) is 9.42. The van der Waals surface area contributed by atoms with Crippen molar-refractivity contribution in [2.75, 3.05) is 12.4 Å². The molecule has 1 aliphatic heterocycles. The van der Waals surface area contributed by atoms with Crippen LogP contribution in [0.5, 0.6) is 0 Å². The van der Waals surface area contributed by atoms with E-state index in [1.54, 1.807) is 24.3 Å². The topological polar surface area (TPSA) is 105 Å². The molecule has 3 amide bonds. The van der Waals surface area contributed by atoms with Gasteiger partial charge in [-0.05, 0) is 34.9 Å². The Labute approximate surface area is 183 Å². The van der Waals surface area contributed by atoms with Gasteiger partial charge in [0.25, 0.3) is 11.8 Å². The second kappa shape index (κ2) is 8.84. The zero-order valence-electron chi connectivity index (χ0n) is 17.5. The van der Waals surface area contributed by atoms with Crippen LogP contribution in [0.25, 0.3) is 11.1 Å². The van der Waals surface area contributed by atoms with Gasteiger partial charge in [-0.3, -0.25) is 19.3 Å². The standard InChI is InChI=1S/C23H20FN3O5/c1-12(23(31)32-4)25-21(29)13(2)27-11-18-16(6-5-7-17(18)22(27)30)15-8-9-20(19(24)10-15)26-14(3)28/h5-10H,1-2,11H2,3-4H3,(H,25,29)(H,26,28). The summed E-state index contributed by atoms with van der Waals surface area (Å²) in [6.45, 7) is 8.37. The molecule has 2 aromatic rings. The molecule has 0 aromatic heterocycles. The first-order valence-corrected chi connectivity index (χ1v) is 9.42. The number of halogens is 1. The molecular formula is C23H20FN3O5. The van der Waals surface area contributed by atoms with Crippen molar-refractivity contribution < 1.29 is 28.3 Å². The van der Waals surface area contributed by atoms with Gasteiger partial charge in [0.2, 0.25) is 5.91 Å². The molecule has 2 aromatic carbocycles. The molecule has 0 radical (unpaired) electrons. The number of carbonyl (C=O) groups is 4. The van der Waals surface area contributed by atoms with E-state index in [1.807, 2.05) is 0 Å². The number of anilines is 1. The highest BCUT2D eigenvalue weighted by Gasteiger charge is 2.33. The molecule has 32 heavy (non-hydrogen) atoms. The first-order chi connectivity index (χ1) is 15.1. The van der Waals surface area contributed by atoms with Crippen LogP contribution in [-0.4, -0.2) is 35.7 Å². The van der Waals surface area contributed by atoms with Gasteiger partial charge in [0, 0.05) is 12.5 Å². The molecule has 0 fully saturated rings. The molecule has 2 N–H and O–H groups in total. The summed E-state index contributed by atoms with van der Waals surface area (Å²) in [6.07, 6.45) is 0. The van der Waals surface area contributed by atoms with Gasteiger partial charge in [0.15, 0.2) is 0 Å². The van der Waals surface area contributed by atoms with Gasteiger partial charge in [-0.15, -0.1) is 0 Å². The maximum absolute atomic E-state index is 14.4. The molecule has 0 unspecified atom stereocenters. The highest BCUT2D eigenvalue weighted by molar-refractivity contribution is 6.07. The molecule has 1 aliphatic rings. The quantitative estimate of drug-likeness (QED) is 0.534. The number of esters is 1. The van der Waals surface area contributed by atoms with Crippen molar-refractivity contribution in [3.8, 4) is 11.1 Å². The van der Waals surface area contributed by atoms with E-state index in [4.69, 9.17) is 0 Å². The van der Waals surface area contributed by atoms with Crippen LogP contribution >= 0.6 is 0 Å². The Hall–Kier alpha value is -4.27. The Bertz CT molecular complexity index is 1190. The molecule has 0 atom stereocenters. The van der Waals surface area contributed by atoms with Crippen LogP contribution in [-0.2, 0) is 25.7 Å². The minimum absolute atomic E-state index is 0.0242. The molecule has 0 spiro atoms. The maximum atomic E-state index is 14.4. The molecule has 164 valence electrons. The molecule has 0 saturated carbocycles. The number of nitrogens with zero attached hydrogens (tertiary/aromatic N) is 1. The highest BCUT2D eigenvalue weighted by Crippen LogP contribution is 2.35. The Morgan fingerprint density at radius 3 is 2.44 bits per heavy atom. The molecule has 9 heteroatoms. The predicted molar refractivity (Wildman–Crippen MR) is 114 cm³/mol. The number of amides is 3. The van der Waals surface area contributed by atoms with Gasteiger partial charge in [-0.2, -0.15) is 0 Å². The summed E-state index contributed by atoms with van der Waals surface area (Å²) in [5.41, 5.74) is 1.59. The number of rotatable bonds is 6. The number of methoxy groups -OCH3 is 1. The number of ether oxygens (including phenoxy) is 1. The van der Waals surface area contributed by atoms with Crippen LogP contribution < -0.4 is 10.6 Å². The Kier molecular flexibility index (Phi) is 6.20. The summed E-state index contributed by atoms with van der Waals surface area (Å²) in [5, 5.41) is 4.65. The van der Waals surface area contributed by atoms with Crippen LogP contribution in [0.3, 0.4) is 0 Å². The van der Waals surface area contributed by atoms with E-state index in [2.05, 4.69) is 28.5 Å². The van der Waals surface area contributed by atoms with Crippen LogP contribution in [0, 0.1) is 5.82 Å². The fourth-order valence-electron chi connectivity index (χ4n) is 3.30. The van der Waals surface area contributed by atoms with Crippen molar-refractivity contribution >= 4 is 29.4 Å². The van der Waals surface area contributed by atoms with Gasteiger partial charge in [-0.1, -0.05) is 31.4 Å². The molecule has 0 saturated heterocycles. The predicted octanol–water partition coefficient (Wildman–Crippen LogP) is 2.72. The second-order valence-electron chi connectivity index (χ2n) is 6.97. The summed E-state index contributed by atoms with van der Waals surface area (Å²) in [6, 6.07) is 9.29. The fourth-order valence-corrected chi connectivity index (χ4v) is 3.30. The van der Waals surface area contributed by atoms with Gasteiger partial charge in [-0.25, -0.2) is 9.18 Å². The Balaban J connectivity index is 1.87. The van der Waals surface area contributed by atoms with Crippen LogP contribution in [0.2, 0.25) is 0 Å². The van der Waals surface area contributed by atoms with Gasteiger partial charge in [0.05, 0.1) is 19.3 Å². The first kappa shape index (κ1) is 22.4. The maximum Gasteiger partial charge on any atom is 0.353 e. The number of carbonyl (C=O) groups excluding carboxylic acids is 4. The van der Waals surface area contributed by atoms with E-state index in [-0.39, 0.29) is 23.6 Å². The van der Waals surface area contributed by atoms with Crippen LogP contribution in [0.15, 0.2) is 61.0 Å². The fraction of sp³-hybridized carbons (Fsp3) is 0.130. The largest absolute Gasteiger partial charge is 0.464 e. The molecule has 1 heterocycles. The number of hydrogen-bond donors (Lipinski definition) is 2. The van der Waals surface area contributed by atoms with Crippen LogP contribution in [0.4, 0.5) is 10.1 Å². The number of fused-ring (bicyclic) bond motifs is 1. The second-order valence-corrected chi connectivity index (χ2v) is 6.97. The van der Waals surface area contributed by atoms with Gasteiger partial charge in [0.1, 0.15) is 17.2 Å². The van der Waals surface area contributed by atoms with Crippen molar-refractivity contribution in [3.63, 3.8) is 0 Å². The van der Waals surface area contributed by atoms with Crippen molar-refractivity contribution in [1.82, 2.24) is 10.2 Å². The number of nitrogens with one attached hydrogen (secondary N) is 2. The summed E-state index contributed by atoms with van der Waals surface area (Å²) < 4.78 is 18.9. The van der Waals surface area contributed by atoms with Gasteiger partial charge >= 0.3 is 5.97 Å². The average molecular weight is 437 g/mol. The summed E-state index contributed by atoms with van der Waals surface area (Å²) >= 11 is 0. The SMILES string of the molecule is C=C(NC(=O)C(=C)N1Cc2c(cccc2-c2ccc(NC(C)=O)c(F)c2)C1=O)C(=O)OC. The van der Waals surface area contributed by atoms with E-state index in [0.29, 0.717) is 22.3 Å². The zero-order valence-corrected chi connectivity index (χ0v) is 17.5. The molecule has 0 bridgehead atoms. The van der Waals surface area contributed by atoms with Crippen LogP contribution in [0.1, 0.15) is 22.8 Å². The van der Waals surface area contributed by atoms with E-state index in [1.165, 1.54) is 19.1 Å². The Morgan fingerprint density at radius 2 is 1.81 bits per heavy atom. The lowest BCUT2D eigenvalue weighted by atomic mass is 9.96. The molecule has 8 nitrogen and oxygen atoms in total.